The summed E-state index contributed by atoms with van der Waals surface area (Å²) in [6, 6.07) is 8.11. The number of rotatable bonds is 3. The predicted molar refractivity (Wildman–Crippen MR) is 91.9 cm³/mol. The topological polar surface area (TPSA) is 70.7 Å². The van der Waals surface area contributed by atoms with Crippen molar-refractivity contribution in [1.82, 2.24) is 9.55 Å². The van der Waals surface area contributed by atoms with Gasteiger partial charge in [0.15, 0.2) is 0 Å². The minimum Gasteiger partial charge on any atom is -0.315 e. The number of thiophene rings is 1. The Balaban J connectivity index is 1.95. The van der Waals surface area contributed by atoms with E-state index in [0.29, 0.717) is 10.6 Å². The van der Waals surface area contributed by atoms with Gasteiger partial charge in [-0.25, -0.2) is 4.98 Å². The second-order valence-electron chi connectivity index (χ2n) is 5.66. The fourth-order valence-corrected chi connectivity index (χ4v) is 3.64. The van der Waals surface area contributed by atoms with Crippen LogP contribution in [0.25, 0.3) is 11.0 Å². The highest BCUT2D eigenvalue weighted by molar-refractivity contribution is 7.16. The van der Waals surface area contributed by atoms with Crippen molar-refractivity contribution < 1.29 is 18.0 Å². The van der Waals surface area contributed by atoms with E-state index in [1.165, 1.54) is 23.5 Å². The number of aryl methyl sites for hydroxylation is 1. The molecule has 3 rings (SSSR count). The van der Waals surface area contributed by atoms with Gasteiger partial charge in [0.05, 0.1) is 16.6 Å². The van der Waals surface area contributed by atoms with Gasteiger partial charge in [-0.3, -0.25) is 4.79 Å². The van der Waals surface area contributed by atoms with Gasteiger partial charge in [-0.1, -0.05) is 12.1 Å². The largest absolute Gasteiger partial charge is 0.449 e. The highest BCUT2D eigenvalue weighted by atomic mass is 32.1. The Morgan fingerprint density at radius 1 is 1.35 bits per heavy atom. The Morgan fingerprint density at radius 3 is 2.69 bits per heavy atom. The highest BCUT2D eigenvalue weighted by Crippen LogP contribution is 2.33. The van der Waals surface area contributed by atoms with Crippen LogP contribution in [0, 0.1) is 25.2 Å². The SMILES string of the molecule is Cc1sc(NC(=O)Cn2c(C(F)(F)F)nc3ccccc32)c(C#N)c1C. The Bertz CT molecular complexity index is 1040. The second kappa shape index (κ2) is 6.46. The van der Waals surface area contributed by atoms with E-state index in [1.807, 2.05) is 13.0 Å². The molecule has 3 aromatic rings. The van der Waals surface area contributed by atoms with E-state index in [1.54, 1.807) is 19.1 Å². The molecular formula is C17H13F3N4OS. The van der Waals surface area contributed by atoms with Gasteiger partial charge >= 0.3 is 6.18 Å². The molecule has 2 heterocycles. The number of para-hydroxylation sites is 2. The van der Waals surface area contributed by atoms with Crippen LogP contribution >= 0.6 is 11.3 Å². The summed E-state index contributed by atoms with van der Waals surface area (Å²) >= 11 is 1.22. The molecule has 0 aliphatic heterocycles. The van der Waals surface area contributed by atoms with Crippen molar-refractivity contribution in [1.29, 1.82) is 5.26 Å². The molecule has 0 bridgehead atoms. The predicted octanol–water partition coefficient (Wildman–Crippen LogP) is 4.24. The lowest BCUT2D eigenvalue weighted by Crippen LogP contribution is -2.23. The molecule has 5 nitrogen and oxygen atoms in total. The average Bonchev–Trinajstić information content (AvgIpc) is 3.06. The van der Waals surface area contributed by atoms with Crippen LogP contribution < -0.4 is 5.32 Å². The summed E-state index contributed by atoms with van der Waals surface area (Å²) in [6.07, 6.45) is -4.69. The van der Waals surface area contributed by atoms with E-state index in [9.17, 15) is 23.2 Å². The smallest absolute Gasteiger partial charge is 0.315 e. The van der Waals surface area contributed by atoms with Gasteiger partial charge < -0.3 is 9.88 Å². The van der Waals surface area contributed by atoms with Gasteiger partial charge in [0.2, 0.25) is 11.7 Å². The minimum absolute atomic E-state index is 0.160. The number of hydrogen-bond donors (Lipinski definition) is 1. The Morgan fingerprint density at radius 2 is 2.04 bits per heavy atom. The number of fused-ring (bicyclic) bond motifs is 1. The molecule has 9 heteroatoms. The number of amides is 1. The van der Waals surface area contributed by atoms with Crippen LogP contribution in [-0.4, -0.2) is 15.5 Å². The number of benzene rings is 1. The van der Waals surface area contributed by atoms with Crippen LogP contribution in [0.2, 0.25) is 0 Å². The summed E-state index contributed by atoms with van der Waals surface area (Å²) < 4.78 is 40.7. The molecule has 1 N–H and O–H groups in total. The number of nitrogens with one attached hydrogen (secondary N) is 1. The van der Waals surface area contributed by atoms with E-state index in [0.717, 1.165) is 15.0 Å². The molecule has 1 aromatic carbocycles. The van der Waals surface area contributed by atoms with E-state index >= 15 is 0 Å². The quantitative estimate of drug-likeness (QED) is 0.741. The number of nitrogens with zero attached hydrogens (tertiary/aromatic N) is 3. The number of alkyl halides is 3. The van der Waals surface area contributed by atoms with Crippen LogP contribution in [0.4, 0.5) is 18.2 Å². The number of halogens is 3. The van der Waals surface area contributed by atoms with Crippen molar-refractivity contribution in [3.8, 4) is 6.07 Å². The maximum atomic E-state index is 13.3. The Kier molecular flexibility index (Phi) is 4.46. The molecule has 0 spiro atoms. The molecule has 0 radical (unpaired) electrons. The van der Waals surface area contributed by atoms with Crippen LogP contribution in [0.3, 0.4) is 0 Å². The van der Waals surface area contributed by atoms with Crippen LogP contribution in [0.1, 0.15) is 21.8 Å². The zero-order valence-corrected chi connectivity index (χ0v) is 14.6. The summed E-state index contributed by atoms with van der Waals surface area (Å²) in [4.78, 5) is 16.8. The van der Waals surface area contributed by atoms with Gasteiger partial charge in [-0.2, -0.15) is 18.4 Å². The fraction of sp³-hybridized carbons (Fsp3) is 0.235. The fourth-order valence-electron chi connectivity index (χ4n) is 2.61. The molecule has 134 valence electrons. The number of anilines is 1. The van der Waals surface area contributed by atoms with Crippen molar-refractivity contribution in [3.63, 3.8) is 0 Å². The van der Waals surface area contributed by atoms with E-state index in [-0.39, 0.29) is 11.0 Å². The maximum absolute atomic E-state index is 13.3. The second-order valence-corrected chi connectivity index (χ2v) is 6.88. The number of carbonyl (C=O) groups is 1. The standard InChI is InChI=1S/C17H13F3N4OS/c1-9-10(2)26-15(11(9)7-21)23-14(25)8-24-13-6-4-3-5-12(13)22-16(24)17(18,19)20/h3-6H,8H2,1-2H3,(H,23,25). The molecule has 0 fully saturated rings. The third-order valence-corrected chi connectivity index (χ3v) is 5.08. The molecule has 0 aliphatic carbocycles. The van der Waals surface area contributed by atoms with Crippen LogP contribution in [0.5, 0.6) is 0 Å². The number of carbonyl (C=O) groups excluding carboxylic acids is 1. The normalized spacial score (nSPS) is 11.5. The van der Waals surface area contributed by atoms with Gasteiger partial charge in [-0.05, 0) is 31.5 Å². The summed E-state index contributed by atoms with van der Waals surface area (Å²) in [5.41, 5.74) is 1.45. The summed E-state index contributed by atoms with van der Waals surface area (Å²) in [5.74, 6) is -1.79. The molecule has 0 aliphatic rings. The molecule has 0 saturated heterocycles. The lowest BCUT2D eigenvalue weighted by atomic mass is 10.2. The van der Waals surface area contributed by atoms with E-state index in [2.05, 4.69) is 10.3 Å². The van der Waals surface area contributed by atoms with Gasteiger partial charge in [0, 0.05) is 4.88 Å². The number of nitriles is 1. The van der Waals surface area contributed by atoms with Crippen molar-refractivity contribution >= 4 is 33.3 Å². The molecule has 0 saturated carbocycles. The third kappa shape index (κ3) is 3.15. The van der Waals surface area contributed by atoms with Crippen molar-refractivity contribution in [2.75, 3.05) is 5.32 Å². The number of aromatic nitrogens is 2. The number of hydrogen-bond acceptors (Lipinski definition) is 4. The molecule has 1 amide bonds. The molecule has 26 heavy (non-hydrogen) atoms. The monoisotopic (exact) mass is 378 g/mol. The Labute approximate surface area is 150 Å². The Hall–Kier alpha value is -2.86. The molecule has 0 atom stereocenters. The zero-order valence-electron chi connectivity index (χ0n) is 13.8. The lowest BCUT2D eigenvalue weighted by Gasteiger charge is -2.11. The van der Waals surface area contributed by atoms with Crippen molar-refractivity contribution in [2.24, 2.45) is 0 Å². The minimum atomic E-state index is -4.69. The van der Waals surface area contributed by atoms with Gasteiger partial charge in [0.25, 0.3) is 0 Å². The first-order chi connectivity index (χ1) is 12.2. The van der Waals surface area contributed by atoms with Crippen molar-refractivity contribution in [3.05, 3.63) is 46.1 Å². The molecular weight excluding hydrogens is 365 g/mol. The highest BCUT2D eigenvalue weighted by Gasteiger charge is 2.38. The van der Waals surface area contributed by atoms with E-state index < -0.39 is 24.5 Å². The van der Waals surface area contributed by atoms with Gasteiger partial charge in [-0.15, -0.1) is 11.3 Å². The van der Waals surface area contributed by atoms with Crippen LogP contribution in [0.15, 0.2) is 24.3 Å². The summed E-state index contributed by atoms with van der Waals surface area (Å²) in [6.45, 7) is 3.00. The van der Waals surface area contributed by atoms with Crippen molar-refractivity contribution in [2.45, 2.75) is 26.6 Å². The first kappa shape index (κ1) is 17.9. The zero-order chi connectivity index (χ0) is 19.1. The third-order valence-electron chi connectivity index (χ3n) is 3.96. The van der Waals surface area contributed by atoms with E-state index in [4.69, 9.17) is 0 Å². The van der Waals surface area contributed by atoms with Crippen LogP contribution in [-0.2, 0) is 17.5 Å². The first-order valence-corrected chi connectivity index (χ1v) is 8.36. The summed E-state index contributed by atoms with van der Waals surface area (Å²) in [7, 11) is 0. The van der Waals surface area contributed by atoms with Gasteiger partial charge in [0.1, 0.15) is 17.6 Å². The first-order valence-electron chi connectivity index (χ1n) is 7.54. The average molecular weight is 378 g/mol. The summed E-state index contributed by atoms with van der Waals surface area (Å²) in [5, 5.41) is 12.1. The molecule has 2 aromatic heterocycles. The number of imidazole rings is 1. The lowest BCUT2D eigenvalue weighted by molar-refractivity contribution is -0.147. The molecule has 0 unspecified atom stereocenters. The maximum Gasteiger partial charge on any atom is 0.449 e.